The van der Waals surface area contributed by atoms with E-state index < -0.39 is 6.03 Å². The number of hydrogen-bond donors (Lipinski definition) is 1. The van der Waals surface area contributed by atoms with Gasteiger partial charge in [-0.3, -0.25) is 4.79 Å². The zero-order valence-electron chi connectivity index (χ0n) is 22.1. The largest absolute Gasteiger partial charge is 0.493 e. The van der Waals surface area contributed by atoms with Crippen molar-refractivity contribution in [2.45, 2.75) is 33.2 Å². The summed E-state index contributed by atoms with van der Waals surface area (Å²) in [6, 6.07) is 14.4. The van der Waals surface area contributed by atoms with Crippen molar-refractivity contribution in [2.24, 2.45) is 0 Å². The van der Waals surface area contributed by atoms with Crippen LogP contribution in [0.5, 0.6) is 11.5 Å². The fourth-order valence-corrected chi connectivity index (χ4v) is 5.34. The Hall–Kier alpha value is -2.94. The minimum Gasteiger partial charge on any atom is -0.493 e. The number of halogens is 2. The molecule has 1 aromatic heterocycles. The number of aryl methyl sites for hydroxylation is 1. The van der Waals surface area contributed by atoms with Gasteiger partial charge in [0.05, 0.1) is 36.5 Å². The summed E-state index contributed by atoms with van der Waals surface area (Å²) >= 11 is 14.1. The second kappa shape index (κ2) is 14.3. The average molecular weight is 579 g/mol. The molecule has 38 heavy (non-hydrogen) atoms. The normalized spacial score (nSPS) is 10.7. The first-order valence-electron chi connectivity index (χ1n) is 12.3. The van der Waals surface area contributed by atoms with Crippen LogP contribution < -0.4 is 14.8 Å². The van der Waals surface area contributed by atoms with Gasteiger partial charge in [0.1, 0.15) is 6.54 Å². The Bertz CT molecular complexity index is 1230. The zero-order valence-corrected chi connectivity index (χ0v) is 24.4. The fraction of sp³-hybridized carbons (Fsp3) is 0.357. The lowest BCUT2D eigenvalue weighted by molar-refractivity contribution is -0.132. The van der Waals surface area contributed by atoms with Crippen LogP contribution in [0.25, 0.3) is 0 Å². The van der Waals surface area contributed by atoms with E-state index in [1.54, 1.807) is 48.7 Å². The quantitative estimate of drug-likeness (QED) is 0.254. The van der Waals surface area contributed by atoms with E-state index >= 15 is 0 Å². The topological polar surface area (TPSA) is 71.1 Å². The molecule has 0 radical (unpaired) electrons. The molecule has 3 amide bonds. The Morgan fingerprint density at radius 2 is 1.66 bits per heavy atom. The van der Waals surface area contributed by atoms with Crippen molar-refractivity contribution >= 4 is 52.2 Å². The maximum atomic E-state index is 13.6. The SMILES string of the molecule is CCCN(CC(=O)N(CCc1ccc(OC)c(OC)c1)Cc1ccc(C)s1)C(=O)Nc1c(Cl)cccc1Cl. The van der Waals surface area contributed by atoms with Gasteiger partial charge in [0, 0.05) is 22.8 Å². The van der Waals surface area contributed by atoms with Crippen molar-refractivity contribution in [3.05, 3.63) is 73.9 Å². The van der Waals surface area contributed by atoms with Crippen LogP contribution in [0.1, 0.15) is 28.7 Å². The number of para-hydroxylation sites is 1. The number of anilines is 1. The van der Waals surface area contributed by atoms with E-state index in [1.165, 1.54) is 9.78 Å². The van der Waals surface area contributed by atoms with Crippen LogP contribution in [0.3, 0.4) is 0 Å². The molecule has 3 aromatic rings. The molecule has 0 unspecified atom stereocenters. The summed E-state index contributed by atoms with van der Waals surface area (Å²) < 4.78 is 10.8. The highest BCUT2D eigenvalue weighted by Gasteiger charge is 2.23. The van der Waals surface area contributed by atoms with Crippen molar-refractivity contribution in [3.8, 4) is 11.5 Å². The fourth-order valence-electron chi connectivity index (χ4n) is 3.94. The Kier molecular flexibility index (Phi) is 11.1. The Balaban J connectivity index is 1.76. The van der Waals surface area contributed by atoms with Gasteiger partial charge in [0.15, 0.2) is 11.5 Å². The molecule has 0 fully saturated rings. The second-order valence-corrected chi connectivity index (χ2v) is 10.9. The second-order valence-electron chi connectivity index (χ2n) is 8.72. The smallest absolute Gasteiger partial charge is 0.322 e. The van der Waals surface area contributed by atoms with Gasteiger partial charge in [0.2, 0.25) is 5.91 Å². The standard InChI is InChI=1S/C28H33Cl2N3O4S/c1-5-14-33(28(35)31-27-22(29)7-6-8-23(27)30)18-26(34)32(17-21-11-9-19(2)38-21)15-13-20-10-12-24(36-3)25(16-20)37-4/h6-12,16H,5,13-15,17-18H2,1-4H3,(H,31,35). The molecule has 204 valence electrons. The van der Waals surface area contributed by atoms with Crippen LogP contribution >= 0.6 is 34.5 Å². The number of hydrogen-bond acceptors (Lipinski definition) is 5. The van der Waals surface area contributed by atoms with Gasteiger partial charge in [-0.2, -0.15) is 0 Å². The highest BCUT2D eigenvalue weighted by atomic mass is 35.5. The molecule has 1 N–H and O–H groups in total. The molecule has 0 saturated carbocycles. The van der Waals surface area contributed by atoms with Crippen molar-refractivity contribution in [1.82, 2.24) is 9.80 Å². The highest BCUT2D eigenvalue weighted by molar-refractivity contribution is 7.11. The highest BCUT2D eigenvalue weighted by Crippen LogP contribution is 2.30. The van der Waals surface area contributed by atoms with E-state index in [4.69, 9.17) is 32.7 Å². The molecule has 0 saturated heterocycles. The van der Waals surface area contributed by atoms with Gasteiger partial charge in [0.25, 0.3) is 0 Å². The van der Waals surface area contributed by atoms with Gasteiger partial charge in [-0.05, 0) is 61.7 Å². The van der Waals surface area contributed by atoms with Gasteiger partial charge >= 0.3 is 6.03 Å². The van der Waals surface area contributed by atoms with Gasteiger partial charge < -0.3 is 24.6 Å². The Morgan fingerprint density at radius 3 is 2.26 bits per heavy atom. The van der Waals surface area contributed by atoms with Crippen LogP contribution in [0.4, 0.5) is 10.5 Å². The summed E-state index contributed by atoms with van der Waals surface area (Å²) in [5, 5.41) is 3.43. The van der Waals surface area contributed by atoms with Crippen LogP contribution in [0.2, 0.25) is 10.0 Å². The lowest BCUT2D eigenvalue weighted by Gasteiger charge is -2.28. The molecular formula is C28H33Cl2N3O4S. The molecule has 2 aromatic carbocycles. The first kappa shape index (κ1) is 29.6. The average Bonchev–Trinajstić information content (AvgIpc) is 3.32. The number of nitrogens with one attached hydrogen (secondary N) is 1. The third-order valence-corrected chi connectivity index (χ3v) is 7.53. The summed E-state index contributed by atoms with van der Waals surface area (Å²) in [4.78, 5) is 32.3. The van der Waals surface area contributed by atoms with Gasteiger partial charge in [-0.15, -0.1) is 11.3 Å². The third kappa shape index (κ3) is 8.03. The maximum absolute atomic E-state index is 13.6. The predicted octanol–water partition coefficient (Wildman–Crippen LogP) is 6.90. The monoisotopic (exact) mass is 577 g/mol. The number of benzene rings is 2. The number of amides is 3. The Morgan fingerprint density at radius 1 is 0.947 bits per heavy atom. The van der Waals surface area contributed by atoms with Gasteiger partial charge in [-0.1, -0.05) is 42.3 Å². The zero-order chi connectivity index (χ0) is 27.7. The summed E-state index contributed by atoms with van der Waals surface area (Å²) in [5.41, 5.74) is 1.34. The molecule has 10 heteroatoms. The number of carbonyl (C=O) groups is 2. The number of nitrogens with zero attached hydrogens (tertiary/aromatic N) is 2. The number of rotatable bonds is 12. The van der Waals surface area contributed by atoms with Crippen molar-refractivity contribution < 1.29 is 19.1 Å². The molecule has 3 rings (SSSR count). The van der Waals surface area contributed by atoms with Crippen molar-refractivity contribution in [2.75, 3.05) is 39.2 Å². The summed E-state index contributed by atoms with van der Waals surface area (Å²) in [6.07, 6.45) is 1.30. The molecule has 0 aliphatic rings. The van der Waals surface area contributed by atoms with Crippen molar-refractivity contribution in [3.63, 3.8) is 0 Å². The molecule has 0 aliphatic heterocycles. The number of carbonyl (C=O) groups excluding carboxylic acids is 2. The Labute approximate surface area is 238 Å². The number of urea groups is 1. The lowest BCUT2D eigenvalue weighted by Crippen LogP contribution is -2.45. The first-order chi connectivity index (χ1) is 18.2. The van der Waals surface area contributed by atoms with Crippen LogP contribution in [-0.2, 0) is 17.8 Å². The van der Waals surface area contributed by atoms with Crippen molar-refractivity contribution in [1.29, 1.82) is 0 Å². The van der Waals surface area contributed by atoms with Crippen LogP contribution in [0, 0.1) is 6.92 Å². The summed E-state index contributed by atoms with van der Waals surface area (Å²) in [6.45, 7) is 5.26. The van der Waals surface area contributed by atoms with Crippen LogP contribution in [-0.4, -0.2) is 55.6 Å². The number of ether oxygens (including phenoxy) is 2. The number of thiophene rings is 1. The molecule has 0 aliphatic carbocycles. The molecule has 7 nitrogen and oxygen atoms in total. The minimum atomic E-state index is -0.429. The van der Waals surface area contributed by atoms with E-state index in [9.17, 15) is 9.59 Å². The summed E-state index contributed by atoms with van der Waals surface area (Å²) in [7, 11) is 3.19. The summed E-state index contributed by atoms with van der Waals surface area (Å²) in [5.74, 6) is 1.14. The predicted molar refractivity (Wildman–Crippen MR) is 155 cm³/mol. The molecule has 1 heterocycles. The molecular weight excluding hydrogens is 545 g/mol. The van der Waals surface area contributed by atoms with E-state index in [0.29, 0.717) is 59.7 Å². The number of methoxy groups -OCH3 is 2. The van der Waals surface area contributed by atoms with Crippen LogP contribution in [0.15, 0.2) is 48.5 Å². The first-order valence-corrected chi connectivity index (χ1v) is 13.9. The van der Waals surface area contributed by atoms with E-state index in [0.717, 1.165) is 10.4 Å². The maximum Gasteiger partial charge on any atom is 0.322 e. The lowest BCUT2D eigenvalue weighted by atomic mass is 10.1. The van der Waals surface area contributed by atoms with Gasteiger partial charge in [-0.25, -0.2) is 4.79 Å². The van der Waals surface area contributed by atoms with E-state index in [2.05, 4.69) is 5.32 Å². The molecule has 0 bridgehead atoms. The minimum absolute atomic E-state index is 0.0714. The molecule has 0 atom stereocenters. The molecule has 0 spiro atoms. The third-order valence-electron chi connectivity index (χ3n) is 5.92. The van der Waals surface area contributed by atoms with E-state index in [-0.39, 0.29) is 12.5 Å². The van der Waals surface area contributed by atoms with E-state index in [1.807, 2.05) is 44.2 Å².